The van der Waals surface area contributed by atoms with Crippen LogP contribution in [0.1, 0.15) is 29.8 Å². The predicted molar refractivity (Wildman–Crippen MR) is 145 cm³/mol. The Balaban J connectivity index is 1.39. The zero-order valence-corrected chi connectivity index (χ0v) is 21.3. The molecule has 8 heteroatoms. The van der Waals surface area contributed by atoms with E-state index in [2.05, 4.69) is 10.5 Å². The number of ether oxygens (including phenoxy) is 4. The Morgan fingerprint density at radius 1 is 0.921 bits per heavy atom. The first-order chi connectivity index (χ1) is 18.5. The summed E-state index contributed by atoms with van der Waals surface area (Å²) in [5.74, 6) is 0.979. The minimum absolute atomic E-state index is 0.269. The van der Waals surface area contributed by atoms with Crippen molar-refractivity contribution >= 4 is 28.9 Å². The van der Waals surface area contributed by atoms with Crippen LogP contribution in [-0.2, 0) is 4.79 Å². The number of rotatable bonds is 10. The molecular formula is C30H28N2O6. The van der Waals surface area contributed by atoms with Gasteiger partial charge in [0.1, 0.15) is 11.5 Å². The highest BCUT2D eigenvalue weighted by Crippen LogP contribution is 2.29. The summed E-state index contributed by atoms with van der Waals surface area (Å²) in [6.45, 7) is 3.85. The van der Waals surface area contributed by atoms with Crippen molar-refractivity contribution in [3.8, 4) is 23.0 Å². The summed E-state index contributed by atoms with van der Waals surface area (Å²) in [7, 11) is 1.55. The molecule has 0 spiro atoms. The first-order valence-electron chi connectivity index (χ1n) is 12.1. The van der Waals surface area contributed by atoms with E-state index in [0.717, 1.165) is 10.8 Å². The second-order valence-corrected chi connectivity index (χ2v) is 8.23. The highest BCUT2D eigenvalue weighted by atomic mass is 16.6. The maximum absolute atomic E-state index is 12.6. The van der Waals surface area contributed by atoms with E-state index in [1.807, 2.05) is 49.4 Å². The normalized spacial score (nSPS) is 11.7. The summed E-state index contributed by atoms with van der Waals surface area (Å²) in [5, 5.41) is 5.99. The standard InChI is InChI=1S/C30H28N2O6/c1-4-36-28-18-21(12-17-27(28)38-30(34)23-13-15-24(35-3)16-14-23)19-31-32-29(33)20(2)37-26-11-7-9-22-8-5-6-10-25(22)26/h5-20H,4H2,1-3H3,(H,32,33)/b31-19-/t20-/m0/s1. The average Bonchev–Trinajstić information content (AvgIpc) is 2.94. The topological polar surface area (TPSA) is 95.5 Å². The number of nitrogens with zero attached hydrogens (tertiary/aromatic N) is 1. The lowest BCUT2D eigenvalue weighted by Gasteiger charge is -2.14. The number of methoxy groups -OCH3 is 1. The molecule has 0 saturated carbocycles. The average molecular weight is 513 g/mol. The number of hydrazone groups is 1. The molecule has 0 aliphatic heterocycles. The molecule has 1 atom stereocenters. The summed E-state index contributed by atoms with van der Waals surface area (Å²) in [6.07, 6.45) is 0.705. The van der Waals surface area contributed by atoms with Crippen LogP contribution in [0.5, 0.6) is 23.0 Å². The number of esters is 1. The largest absolute Gasteiger partial charge is 0.497 e. The third-order valence-corrected chi connectivity index (χ3v) is 5.61. The fourth-order valence-corrected chi connectivity index (χ4v) is 3.65. The minimum Gasteiger partial charge on any atom is -0.497 e. The summed E-state index contributed by atoms with van der Waals surface area (Å²) in [6, 6.07) is 25.1. The van der Waals surface area contributed by atoms with Gasteiger partial charge in [-0.25, -0.2) is 10.2 Å². The highest BCUT2D eigenvalue weighted by molar-refractivity contribution is 5.92. The number of fused-ring (bicyclic) bond motifs is 1. The van der Waals surface area contributed by atoms with Gasteiger partial charge in [-0.3, -0.25) is 4.79 Å². The van der Waals surface area contributed by atoms with Crippen LogP contribution in [0.4, 0.5) is 0 Å². The van der Waals surface area contributed by atoms with E-state index in [1.54, 1.807) is 56.5 Å². The molecule has 1 N–H and O–H groups in total. The molecule has 4 rings (SSSR count). The van der Waals surface area contributed by atoms with Gasteiger partial charge in [-0.2, -0.15) is 5.10 Å². The van der Waals surface area contributed by atoms with E-state index in [1.165, 1.54) is 6.21 Å². The van der Waals surface area contributed by atoms with Crippen molar-refractivity contribution in [2.45, 2.75) is 20.0 Å². The van der Waals surface area contributed by atoms with Crippen molar-refractivity contribution < 1.29 is 28.5 Å². The van der Waals surface area contributed by atoms with Gasteiger partial charge in [0, 0.05) is 5.39 Å². The fourth-order valence-electron chi connectivity index (χ4n) is 3.65. The zero-order valence-electron chi connectivity index (χ0n) is 21.3. The smallest absolute Gasteiger partial charge is 0.343 e. The van der Waals surface area contributed by atoms with Crippen molar-refractivity contribution in [3.05, 3.63) is 96.1 Å². The zero-order chi connectivity index (χ0) is 26.9. The first-order valence-corrected chi connectivity index (χ1v) is 12.1. The van der Waals surface area contributed by atoms with Gasteiger partial charge in [0.15, 0.2) is 17.6 Å². The van der Waals surface area contributed by atoms with Crippen LogP contribution in [0, 0.1) is 0 Å². The van der Waals surface area contributed by atoms with Gasteiger partial charge >= 0.3 is 5.97 Å². The van der Waals surface area contributed by atoms with Crippen molar-refractivity contribution in [1.29, 1.82) is 0 Å². The number of hydrogen-bond acceptors (Lipinski definition) is 7. The van der Waals surface area contributed by atoms with Gasteiger partial charge < -0.3 is 18.9 Å². The van der Waals surface area contributed by atoms with Crippen LogP contribution in [0.3, 0.4) is 0 Å². The van der Waals surface area contributed by atoms with Crippen molar-refractivity contribution in [3.63, 3.8) is 0 Å². The van der Waals surface area contributed by atoms with Crippen LogP contribution in [0.15, 0.2) is 90.0 Å². The minimum atomic E-state index is -0.767. The molecule has 4 aromatic carbocycles. The van der Waals surface area contributed by atoms with Gasteiger partial charge in [-0.1, -0.05) is 36.4 Å². The van der Waals surface area contributed by atoms with Crippen LogP contribution in [0.25, 0.3) is 10.8 Å². The Morgan fingerprint density at radius 2 is 1.68 bits per heavy atom. The molecule has 0 fully saturated rings. The molecule has 0 bridgehead atoms. The van der Waals surface area contributed by atoms with Crippen molar-refractivity contribution in [2.75, 3.05) is 13.7 Å². The molecule has 0 aromatic heterocycles. The number of carbonyl (C=O) groups excluding carboxylic acids is 2. The molecule has 8 nitrogen and oxygen atoms in total. The van der Waals surface area contributed by atoms with Crippen LogP contribution in [-0.4, -0.2) is 37.9 Å². The maximum Gasteiger partial charge on any atom is 0.343 e. The van der Waals surface area contributed by atoms with E-state index >= 15 is 0 Å². The van der Waals surface area contributed by atoms with E-state index in [4.69, 9.17) is 18.9 Å². The SMILES string of the molecule is CCOc1cc(/C=N\NC(=O)[C@H](C)Oc2cccc3ccccc23)ccc1OC(=O)c1ccc(OC)cc1. The van der Waals surface area contributed by atoms with E-state index in [-0.39, 0.29) is 5.75 Å². The first kappa shape index (κ1) is 26.2. The molecule has 38 heavy (non-hydrogen) atoms. The Bertz CT molecular complexity index is 1440. The lowest BCUT2D eigenvalue weighted by molar-refractivity contribution is -0.127. The lowest BCUT2D eigenvalue weighted by Crippen LogP contribution is -2.33. The number of carbonyl (C=O) groups is 2. The predicted octanol–water partition coefficient (Wildman–Crippen LogP) is 5.38. The molecule has 0 heterocycles. The summed E-state index contributed by atoms with van der Waals surface area (Å²) >= 11 is 0. The molecule has 1 amide bonds. The molecule has 4 aromatic rings. The monoisotopic (exact) mass is 512 g/mol. The summed E-state index contributed by atoms with van der Waals surface area (Å²) in [4.78, 5) is 25.1. The Morgan fingerprint density at radius 3 is 2.45 bits per heavy atom. The van der Waals surface area contributed by atoms with Crippen molar-refractivity contribution in [1.82, 2.24) is 5.43 Å². The number of nitrogens with one attached hydrogen (secondary N) is 1. The van der Waals surface area contributed by atoms with E-state index < -0.39 is 18.0 Å². The van der Waals surface area contributed by atoms with Crippen LogP contribution in [0.2, 0.25) is 0 Å². The Labute approximate surface area is 220 Å². The molecule has 0 radical (unpaired) electrons. The van der Waals surface area contributed by atoms with Gasteiger partial charge in [0.2, 0.25) is 0 Å². The van der Waals surface area contributed by atoms with Crippen LogP contribution >= 0.6 is 0 Å². The number of benzene rings is 4. The fraction of sp³-hybridized carbons (Fsp3) is 0.167. The molecule has 0 aliphatic carbocycles. The van der Waals surface area contributed by atoms with Gasteiger partial charge in [-0.15, -0.1) is 0 Å². The maximum atomic E-state index is 12.6. The van der Waals surface area contributed by atoms with E-state index in [0.29, 0.717) is 35.0 Å². The third kappa shape index (κ3) is 6.47. The molecule has 194 valence electrons. The molecule has 0 saturated heterocycles. The quantitative estimate of drug-likeness (QED) is 0.133. The third-order valence-electron chi connectivity index (χ3n) is 5.61. The van der Waals surface area contributed by atoms with Gasteiger partial charge in [-0.05, 0) is 73.3 Å². The second kappa shape index (κ2) is 12.4. The van der Waals surface area contributed by atoms with E-state index in [9.17, 15) is 9.59 Å². The highest BCUT2D eigenvalue weighted by Gasteiger charge is 2.16. The summed E-state index contributed by atoms with van der Waals surface area (Å²) in [5.41, 5.74) is 3.51. The molecular weight excluding hydrogens is 484 g/mol. The van der Waals surface area contributed by atoms with Gasteiger partial charge in [0.25, 0.3) is 5.91 Å². The second-order valence-electron chi connectivity index (χ2n) is 8.23. The lowest BCUT2D eigenvalue weighted by atomic mass is 10.1. The van der Waals surface area contributed by atoms with Crippen molar-refractivity contribution in [2.24, 2.45) is 5.10 Å². The van der Waals surface area contributed by atoms with Crippen LogP contribution < -0.4 is 24.4 Å². The molecule has 0 unspecified atom stereocenters. The van der Waals surface area contributed by atoms with Gasteiger partial charge in [0.05, 0.1) is 25.5 Å². The number of hydrogen-bond donors (Lipinski definition) is 1. The Kier molecular flexibility index (Phi) is 8.56. The summed E-state index contributed by atoms with van der Waals surface area (Å²) < 4.78 is 22.2. The number of amides is 1. The molecule has 0 aliphatic rings. The Hall–Kier alpha value is -4.85.